The number of amidine groups is 2. The van der Waals surface area contributed by atoms with Gasteiger partial charge in [-0.3, -0.25) is 9.98 Å². The highest BCUT2D eigenvalue weighted by Gasteiger charge is 2.43. The summed E-state index contributed by atoms with van der Waals surface area (Å²) in [7, 11) is 1.61. The molecule has 0 spiro atoms. The molecule has 1 saturated carbocycles. The lowest BCUT2D eigenvalue weighted by Gasteiger charge is -2.33. The third kappa shape index (κ3) is 3.75. The maximum atomic E-state index is 13.1. The number of aliphatic imine (C=N–C) groups is 2. The normalized spacial score (nSPS) is 32.3. The Kier molecular flexibility index (Phi) is 4.93. The van der Waals surface area contributed by atoms with Gasteiger partial charge < -0.3 is 10.1 Å². The topological polar surface area (TPSA) is 46.0 Å². The van der Waals surface area contributed by atoms with Crippen LogP contribution in [-0.4, -0.2) is 37.0 Å². The largest absolute Gasteiger partial charge is 0.498 e. The van der Waals surface area contributed by atoms with Crippen molar-refractivity contribution in [1.82, 2.24) is 5.32 Å². The summed E-state index contributed by atoms with van der Waals surface area (Å²) in [6, 6.07) is -0.377. The highest BCUT2D eigenvalue weighted by Crippen LogP contribution is 2.41. The van der Waals surface area contributed by atoms with Gasteiger partial charge in [0.25, 0.3) is 0 Å². The molecule has 4 unspecified atom stereocenters. The number of methoxy groups -OCH3 is 1. The summed E-state index contributed by atoms with van der Waals surface area (Å²) in [5.41, 5.74) is 0.914. The summed E-state index contributed by atoms with van der Waals surface area (Å²) in [6.07, 6.45) is 1.48. The van der Waals surface area contributed by atoms with Gasteiger partial charge in [-0.2, -0.15) is 13.2 Å². The Labute approximate surface area is 145 Å². The Hall–Kier alpha value is -1.79. The number of hydrogen-bond acceptors (Lipinski definition) is 3. The van der Waals surface area contributed by atoms with E-state index in [1.54, 1.807) is 7.11 Å². The summed E-state index contributed by atoms with van der Waals surface area (Å²) in [5, 5.41) is 3.16. The minimum atomic E-state index is -4.10. The average Bonchev–Trinajstić information content (AvgIpc) is 2.97. The molecular weight excluding hydrogens is 331 g/mol. The van der Waals surface area contributed by atoms with Crippen LogP contribution in [0.5, 0.6) is 0 Å². The lowest BCUT2D eigenvalue weighted by Crippen LogP contribution is -2.40. The summed E-state index contributed by atoms with van der Waals surface area (Å²) >= 11 is 0. The number of nitrogens with zero attached hydrogens (tertiary/aromatic N) is 2. The molecule has 0 saturated heterocycles. The first-order valence-corrected chi connectivity index (χ1v) is 8.71. The maximum Gasteiger partial charge on any atom is 0.391 e. The van der Waals surface area contributed by atoms with E-state index in [1.165, 1.54) is 0 Å². The van der Waals surface area contributed by atoms with Gasteiger partial charge in [-0.25, -0.2) is 0 Å². The maximum absolute atomic E-state index is 13.1. The molecule has 1 aliphatic heterocycles. The number of alkyl halides is 3. The second kappa shape index (κ2) is 6.84. The van der Waals surface area contributed by atoms with Crippen LogP contribution in [0, 0.1) is 11.8 Å². The predicted octanol–water partition coefficient (Wildman–Crippen LogP) is 4.00. The minimum absolute atomic E-state index is 0.0517. The number of halogens is 3. The molecule has 25 heavy (non-hydrogen) atoms. The molecule has 0 amide bonds. The molecule has 0 aromatic carbocycles. The van der Waals surface area contributed by atoms with Gasteiger partial charge in [-0.15, -0.1) is 0 Å². The van der Waals surface area contributed by atoms with Crippen molar-refractivity contribution in [1.29, 1.82) is 0 Å². The number of fused-ring (bicyclic) bond motifs is 1. The second-order valence-electron chi connectivity index (χ2n) is 7.02. The molecular formula is C18H24F3N3O. The number of nitrogens with one attached hydrogen (secondary N) is 1. The number of hydrogen-bond donors (Lipinski definition) is 1. The van der Waals surface area contributed by atoms with E-state index in [0.29, 0.717) is 12.3 Å². The van der Waals surface area contributed by atoms with Crippen molar-refractivity contribution in [3.05, 3.63) is 23.5 Å². The van der Waals surface area contributed by atoms with Gasteiger partial charge in [0.1, 0.15) is 17.6 Å². The van der Waals surface area contributed by atoms with Crippen LogP contribution < -0.4 is 5.32 Å². The molecule has 0 aromatic rings. The number of ether oxygens (including phenoxy) is 1. The first kappa shape index (κ1) is 18.0. The molecule has 4 atom stereocenters. The SMILES string of the molecule is COC1=CC=C2C(=NC(C)C3CCCC(C(F)(F)F)C3)NC(C)=NC12. The standard InChI is InChI=1S/C18H24F3N3O/c1-10(12-5-4-6-13(9-12)18(19,20)21)22-17-14-7-8-15(25-3)16(14)23-11(2)24-17/h7-8,10,12-13,16H,4-6,9H2,1-3H3,(H,22,23,24). The van der Waals surface area contributed by atoms with Crippen LogP contribution in [0.3, 0.4) is 0 Å². The van der Waals surface area contributed by atoms with Crippen LogP contribution in [0.25, 0.3) is 0 Å². The van der Waals surface area contributed by atoms with E-state index in [9.17, 15) is 13.2 Å². The Morgan fingerprint density at radius 3 is 2.76 bits per heavy atom. The Balaban J connectivity index is 1.75. The van der Waals surface area contributed by atoms with Crippen LogP contribution in [0.15, 0.2) is 33.5 Å². The van der Waals surface area contributed by atoms with Crippen molar-refractivity contribution >= 4 is 11.7 Å². The molecule has 138 valence electrons. The molecule has 0 radical (unpaired) electrons. The zero-order valence-electron chi connectivity index (χ0n) is 14.7. The fourth-order valence-corrected chi connectivity index (χ4v) is 3.88. The summed E-state index contributed by atoms with van der Waals surface area (Å²) in [5.74, 6) is 0.934. The molecule has 0 aromatic heterocycles. The lowest BCUT2D eigenvalue weighted by molar-refractivity contribution is -0.186. The molecule has 3 rings (SSSR count). The van der Waals surface area contributed by atoms with Crippen LogP contribution in [-0.2, 0) is 4.74 Å². The van der Waals surface area contributed by atoms with E-state index >= 15 is 0 Å². The van der Waals surface area contributed by atoms with Crippen LogP contribution in [0.4, 0.5) is 13.2 Å². The van der Waals surface area contributed by atoms with Crippen molar-refractivity contribution < 1.29 is 17.9 Å². The van der Waals surface area contributed by atoms with Gasteiger partial charge in [0.05, 0.1) is 24.9 Å². The van der Waals surface area contributed by atoms with E-state index in [1.807, 2.05) is 26.0 Å². The van der Waals surface area contributed by atoms with Gasteiger partial charge in [-0.05, 0) is 51.2 Å². The predicted molar refractivity (Wildman–Crippen MR) is 91.6 cm³/mol. The summed E-state index contributed by atoms with van der Waals surface area (Å²) in [4.78, 5) is 9.26. The van der Waals surface area contributed by atoms with Crippen molar-refractivity contribution in [2.45, 2.75) is 57.8 Å². The average molecular weight is 355 g/mol. The molecule has 0 bridgehead atoms. The lowest BCUT2D eigenvalue weighted by atomic mass is 9.78. The van der Waals surface area contributed by atoms with Gasteiger partial charge in [-0.1, -0.05) is 6.42 Å². The summed E-state index contributed by atoms with van der Waals surface area (Å²) in [6.45, 7) is 3.76. The summed E-state index contributed by atoms with van der Waals surface area (Å²) < 4.78 is 44.5. The van der Waals surface area contributed by atoms with Gasteiger partial charge in [0.15, 0.2) is 0 Å². The first-order chi connectivity index (χ1) is 11.8. The Bertz CT molecular complexity index is 648. The van der Waals surface area contributed by atoms with Crippen molar-refractivity contribution in [3.63, 3.8) is 0 Å². The second-order valence-corrected chi connectivity index (χ2v) is 7.02. The monoisotopic (exact) mass is 355 g/mol. The van der Waals surface area contributed by atoms with Crippen LogP contribution >= 0.6 is 0 Å². The fraction of sp³-hybridized carbons (Fsp3) is 0.667. The van der Waals surface area contributed by atoms with Gasteiger partial charge in [0.2, 0.25) is 0 Å². The van der Waals surface area contributed by atoms with Crippen molar-refractivity contribution in [3.8, 4) is 0 Å². The van der Waals surface area contributed by atoms with Crippen LogP contribution in [0.2, 0.25) is 0 Å². The van der Waals surface area contributed by atoms with Crippen LogP contribution in [0.1, 0.15) is 39.5 Å². The zero-order chi connectivity index (χ0) is 18.2. The van der Waals surface area contributed by atoms with Crippen molar-refractivity contribution in [2.24, 2.45) is 21.8 Å². The van der Waals surface area contributed by atoms with Gasteiger partial charge in [0, 0.05) is 5.57 Å². The number of rotatable bonds is 3. The van der Waals surface area contributed by atoms with E-state index in [-0.39, 0.29) is 30.8 Å². The molecule has 1 fully saturated rings. The minimum Gasteiger partial charge on any atom is -0.498 e. The molecule has 7 heteroatoms. The van der Waals surface area contributed by atoms with E-state index in [4.69, 9.17) is 9.73 Å². The molecule has 1 N–H and O–H groups in total. The highest BCUT2D eigenvalue weighted by atomic mass is 19.4. The molecule has 4 nitrogen and oxygen atoms in total. The molecule has 3 aliphatic rings. The molecule has 2 aliphatic carbocycles. The van der Waals surface area contributed by atoms with E-state index in [2.05, 4.69) is 10.3 Å². The smallest absolute Gasteiger partial charge is 0.391 e. The third-order valence-electron chi connectivity index (χ3n) is 5.32. The first-order valence-electron chi connectivity index (χ1n) is 8.71. The Morgan fingerprint density at radius 2 is 2.08 bits per heavy atom. The van der Waals surface area contributed by atoms with E-state index < -0.39 is 12.1 Å². The third-order valence-corrected chi connectivity index (χ3v) is 5.32. The molecule has 1 heterocycles. The zero-order valence-corrected chi connectivity index (χ0v) is 14.7. The van der Waals surface area contributed by atoms with E-state index in [0.717, 1.165) is 23.6 Å². The van der Waals surface area contributed by atoms with Crippen molar-refractivity contribution in [2.75, 3.05) is 7.11 Å². The quantitative estimate of drug-likeness (QED) is 0.832. The highest BCUT2D eigenvalue weighted by molar-refractivity contribution is 6.12. The fourth-order valence-electron chi connectivity index (χ4n) is 3.88. The van der Waals surface area contributed by atoms with Gasteiger partial charge >= 0.3 is 6.18 Å². The Morgan fingerprint density at radius 1 is 1.32 bits per heavy atom. The number of allylic oxidation sites excluding steroid dienone is 2.